The van der Waals surface area contributed by atoms with Crippen molar-refractivity contribution in [3.63, 3.8) is 0 Å². The quantitative estimate of drug-likeness (QED) is 0.347. The molecule has 0 saturated carbocycles. The Bertz CT molecular complexity index is 1070. The molecule has 0 amide bonds. The second-order valence-corrected chi connectivity index (χ2v) is 5.70. The number of ether oxygens (including phenoxy) is 1. The van der Waals surface area contributed by atoms with E-state index in [1.807, 2.05) is 0 Å². The number of nitro groups is 4. The van der Waals surface area contributed by atoms with Crippen molar-refractivity contribution in [1.82, 2.24) is 0 Å². The van der Waals surface area contributed by atoms with E-state index in [9.17, 15) is 45.3 Å². The van der Waals surface area contributed by atoms with Crippen molar-refractivity contribution in [3.05, 3.63) is 88.0 Å². The van der Waals surface area contributed by atoms with E-state index in [2.05, 4.69) is 0 Å². The predicted octanol–water partition coefficient (Wildman–Crippen LogP) is 3.01. The third-order valence-corrected chi connectivity index (χ3v) is 3.98. The van der Waals surface area contributed by atoms with E-state index in [-0.39, 0.29) is 6.61 Å². The highest BCUT2D eigenvalue weighted by molar-refractivity contribution is 5.86. The van der Waals surface area contributed by atoms with Gasteiger partial charge in [-0.05, 0) is 13.0 Å². The molecule has 0 bridgehead atoms. The Balaban J connectivity index is 2.88. The van der Waals surface area contributed by atoms with Gasteiger partial charge in [0.25, 0.3) is 22.7 Å². The minimum atomic E-state index is -1.81. The monoisotopic (exact) mass is 420 g/mol. The van der Waals surface area contributed by atoms with Gasteiger partial charge in [-0.3, -0.25) is 45.3 Å². The summed E-state index contributed by atoms with van der Waals surface area (Å²) in [5, 5.41) is 45.0. The van der Waals surface area contributed by atoms with E-state index in [4.69, 9.17) is 4.74 Å². The highest BCUT2D eigenvalue weighted by Crippen LogP contribution is 2.40. The van der Waals surface area contributed by atoms with Crippen LogP contribution in [0.15, 0.2) is 36.4 Å². The summed E-state index contributed by atoms with van der Waals surface area (Å²) < 4.78 is 4.87. The van der Waals surface area contributed by atoms with Crippen LogP contribution in [0.4, 0.5) is 22.7 Å². The smallest absolute Gasteiger partial charge is 0.318 e. The van der Waals surface area contributed by atoms with Crippen LogP contribution in [-0.4, -0.2) is 32.3 Å². The molecule has 0 saturated heterocycles. The molecule has 2 rings (SSSR count). The van der Waals surface area contributed by atoms with Crippen molar-refractivity contribution in [3.8, 4) is 0 Å². The molecule has 0 N–H and O–H groups in total. The van der Waals surface area contributed by atoms with Crippen LogP contribution >= 0.6 is 0 Å². The Kier molecular flexibility index (Phi) is 6.31. The van der Waals surface area contributed by atoms with Gasteiger partial charge >= 0.3 is 5.97 Å². The normalized spacial score (nSPS) is 11.4. The van der Waals surface area contributed by atoms with Crippen molar-refractivity contribution in [1.29, 1.82) is 0 Å². The average molecular weight is 420 g/mol. The molecule has 14 heteroatoms. The molecule has 30 heavy (non-hydrogen) atoms. The van der Waals surface area contributed by atoms with E-state index < -0.39 is 65.5 Å². The fourth-order valence-corrected chi connectivity index (χ4v) is 2.75. The topological polar surface area (TPSA) is 199 Å². The van der Waals surface area contributed by atoms with Gasteiger partial charge in [0, 0.05) is 29.8 Å². The third kappa shape index (κ3) is 4.32. The summed E-state index contributed by atoms with van der Waals surface area (Å²) >= 11 is 0. The first-order valence-electron chi connectivity index (χ1n) is 8.10. The van der Waals surface area contributed by atoms with Crippen LogP contribution in [0.1, 0.15) is 24.0 Å². The van der Waals surface area contributed by atoms with Gasteiger partial charge in [0.2, 0.25) is 0 Å². The van der Waals surface area contributed by atoms with Crippen molar-refractivity contribution in [2.75, 3.05) is 6.61 Å². The maximum Gasteiger partial charge on any atom is 0.318 e. The third-order valence-electron chi connectivity index (χ3n) is 3.98. The lowest BCUT2D eigenvalue weighted by atomic mass is 9.88. The maximum absolute atomic E-state index is 12.6. The van der Waals surface area contributed by atoms with Crippen molar-refractivity contribution < 1.29 is 29.2 Å². The largest absolute Gasteiger partial charge is 0.465 e. The number of nitrogens with zero attached hydrogens (tertiary/aromatic N) is 4. The molecule has 156 valence electrons. The van der Waals surface area contributed by atoms with Gasteiger partial charge in [-0.2, -0.15) is 0 Å². The fraction of sp³-hybridized carbons (Fsp3) is 0.188. The zero-order chi connectivity index (χ0) is 22.6. The van der Waals surface area contributed by atoms with Gasteiger partial charge in [-0.1, -0.05) is 0 Å². The number of carbonyl (C=O) groups is 1. The van der Waals surface area contributed by atoms with Crippen LogP contribution < -0.4 is 0 Å². The van der Waals surface area contributed by atoms with Crippen molar-refractivity contribution in [2.45, 2.75) is 12.8 Å². The summed E-state index contributed by atoms with van der Waals surface area (Å²) in [6.45, 7) is 1.22. The molecule has 0 aliphatic rings. The molecule has 0 radical (unpaired) electrons. The van der Waals surface area contributed by atoms with E-state index >= 15 is 0 Å². The van der Waals surface area contributed by atoms with Crippen LogP contribution in [0.5, 0.6) is 0 Å². The first-order chi connectivity index (χ1) is 14.1. The lowest BCUT2D eigenvalue weighted by Gasteiger charge is -2.16. The summed E-state index contributed by atoms with van der Waals surface area (Å²) in [6.07, 6.45) is 0. The Hall–Kier alpha value is -4.49. The number of carbonyl (C=O) groups excluding carboxylic acids is 1. The second kappa shape index (κ2) is 8.68. The minimum Gasteiger partial charge on any atom is -0.465 e. The number of hydrogen-bond acceptors (Lipinski definition) is 10. The first-order valence-corrected chi connectivity index (χ1v) is 8.10. The molecular formula is C16H12N4O10. The number of nitro benzene ring substituents is 4. The van der Waals surface area contributed by atoms with Crippen LogP contribution in [0.3, 0.4) is 0 Å². The number of non-ortho nitro benzene ring substituents is 2. The van der Waals surface area contributed by atoms with Gasteiger partial charge in [-0.25, -0.2) is 0 Å². The minimum absolute atomic E-state index is 0.196. The van der Waals surface area contributed by atoms with Crippen molar-refractivity contribution in [2.24, 2.45) is 0 Å². The molecule has 1 atom stereocenters. The van der Waals surface area contributed by atoms with Crippen LogP contribution in [-0.2, 0) is 9.53 Å². The van der Waals surface area contributed by atoms with Crippen LogP contribution in [0, 0.1) is 40.5 Å². The summed E-state index contributed by atoms with van der Waals surface area (Å²) in [4.78, 5) is 54.0. The summed E-state index contributed by atoms with van der Waals surface area (Å²) in [7, 11) is 0. The Labute approximate surface area is 166 Å². The molecule has 0 fully saturated rings. The van der Waals surface area contributed by atoms with Gasteiger partial charge < -0.3 is 4.74 Å². The maximum atomic E-state index is 12.6. The number of hydrogen-bond donors (Lipinski definition) is 0. The van der Waals surface area contributed by atoms with Gasteiger partial charge in [0.1, 0.15) is 5.92 Å². The van der Waals surface area contributed by atoms with E-state index in [0.717, 1.165) is 30.3 Å². The Morgan fingerprint density at radius 1 is 0.800 bits per heavy atom. The molecule has 0 heterocycles. The lowest BCUT2D eigenvalue weighted by Crippen LogP contribution is -2.20. The molecular weight excluding hydrogens is 408 g/mol. The van der Waals surface area contributed by atoms with E-state index in [0.29, 0.717) is 6.07 Å². The molecule has 0 spiro atoms. The van der Waals surface area contributed by atoms with E-state index in [1.54, 1.807) is 0 Å². The zero-order valence-corrected chi connectivity index (χ0v) is 15.1. The molecule has 2 aromatic rings. The number of esters is 1. The SMILES string of the molecule is CCOC(=O)C(c1cc([N+](=O)[O-])ccc1[N+](=O)[O-])c1ccc([N+](=O)[O-])cc1[N+](=O)[O-]. The highest BCUT2D eigenvalue weighted by atomic mass is 16.6. The second-order valence-electron chi connectivity index (χ2n) is 5.70. The van der Waals surface area contributed by atoms with E-state index in [1.165, 1.54) is 6.92 Å². The summed E-state index contributed by atoms with van der Waals surface area (Å²) in [6, 6.07) is 4.72. The average Bonchev–Trinajstić information content (AvgIpc) is 2.68. The molecule has 0 aliphatic heterocycles. The van der Waals surface area contributed by atoms with Crippen LogP contribution in [0.25, 0.3) is 0 Å². The van der Waals surface area contributed by atoms with Gasteiger partial charge in [0.15, 0.2) is 0 Å². The van der Waals surface area contributed by atoms with Gasteiger partial charge in [-0.15, -0.1) is 0 Å². The first kappa shape index (κ1) is 21.8. The number of rotatable bonds is 8. The molecule has 1 unspecified atom stereocenters. The molecule has 14 nitrogen and oxygen atoms in total. The molecule has 0 aromatic heterocycles. The molecule has 2 aromatic carbocycles. The summed E-state index contributed by atoms with van der Waals surface area (Å²) in [5.41, 5.74) is -3.82. The Morgan fingerprint density at radius 2 is 1.33 bits per heavy atom. The standard InChI is InChI=1S/C16H12N4O10/c1-2-30-16(21)15(11-5-3-10(18(24)25)8-14(11)20(28)29)12-7-9(17(22)23)4-6-13(12)19(26)27/h3-8,15H,2H2,1H3. The number of benzene rings is 2. The molecule has 0 aliphatic carbocycles. The lowest BCUT2D eigenvalue weighted by molar-refractivity contribution is -0.394. The zero-order valence-electron chi connectivity index (χ0n) is 15.1. The predicted molar refractivity (Wildman–Crippen MR) is 98.0 cm³/mol. The summed E-state index contributed by atoms with van der Waals surface area (Å²) in [5.74, 6) is -2.97. The van der Waals surface area contributed by atoms with Crippen LogP contribution in [0.2, 0.25) is 0 Å². The highest BCUT2D eigenvalue weighted by Gasteiger charge is 2.37. The fourth-order valence-electron chi connectivity index (χ4n) is 2.75. The van der Waals surface area contributed by atoms with Crippen molar-refractivity contribution >= 4 is 28.7 Å². The van der Waals surface area contributed by atoms with Gasteiger partial charge in [0.05, 0.1) is 37.9 Å². The Morgan fingerprint density at radius 3 is 1.83 bits per heavy atom.